The van der Waals surface area contributed by atoms with Gasteiger partial charge in [-0.2, -0.15) is 0 Å². The van der Waals surface area contributed by atoms with Gasteiger partial charge in [0.1, 0.15) is 5.75 Å². The molecule has 2 aromatic rings. The van der Waals surface area contributed by atoms with Gasteiger partial charge < -0.3 is 15.4 Å². The molecule has 2 amide bonds. The monoisotopic (exact) mass is 372 g/mol. The molecular formula is C20H21ClN2O3. The van der Waals surface area contributed by atoms with Crippen LogP contribution in [0.15, 0.2) is 61.2 Å². The van der Waals surface area contributed by atoms with Crippen LogP contribution in [0.4, 0.5) is 5.69 Å². The molecule has 136 valence electrons. The number of amides is 2. The van der Waals surface area contributed by atoms with E-state index in [2.05, 4.69) is 17.2 Å². The molecule has 0 spiro atoms. The van der Waals surface area contributed by atoms with Crippen LogP contribution in [-0.2, 0) is 4.79 Å². The maximum absolute atomic E-state index is 12.6. The summed E-state index contributed by atoms with van der Waals surface area (Å²) in [5, 5.41) is 6.06. The molecule has 0 saturated carbocycles. The average Bonchev–Trinajstić information content (AvgIpc) is 2.66. The van der Waals surface area contributed by atoms with Crippen molar-refractivity contribution in [3.63, 3.8) is 0 Å². The summed E-state index contributed by atoms with van der Waals surface area (Å²) in [4.78, 5) is 24.8. The molecule has 6 heteroatoms. The van der Waals surface area contributed by atoms with Crippen LogP contribution in [0.3, 0.4) is 0 Å². The third-order valence-electron chi connectivity index (χ3n) is 3.59. The first-order valence-corrected chi connectivity index (χ1v) is 8.64. The second kappa shape index (κ2) is 9.63. The quantitative estimate of drug-likeness (QED) is 0.687. The van der Waals surface area contributed by atoms with E-state index >= 15 is 0 Å². The first-order chi connectivity index (χ1) is 12.5. The fraction of sp³-hybridized carbons (Fsp3) is 0.200. The number of hydrogen-bond donors (Lipinski definition) is 2. The number of para-hydroxylation sites is 1. The summed E-state index contributed by atoms with van der Waals surface area (Å²) in [6, 6.07) is 13.6. The molecule has 0 aliphatic heterocycles. The van der Waals surface area contributed by atoms with Gasteiger partial charge in [0, 0.05) is 11.6 Å². The van der Waals surface area contributed by atoms with Crippen LogP contribution >= 0.6 is 11.6 Å². The van der Waals surface area contributed by atoms with Gasteiger partial charge in [0.15, 0.2) is 6.10 Å². The Morgan fingerprint density at radius 3 is 2.54 bits per heavy atom. The highest BCUT2D eigenvalue weighted by atomic mass is 35.5. The Bertz CT molecular complexity index is 775. The van der Waals surface area contributed by atoms with Crippen LogP contribution in [-0.4, -0.2) is 24.5 Å². The molecular weight excluding hydrogens is 352 g/mol. The van der Waals surface area contributed by atoms with Gasteiger partial charge in [-0.3, -0.25) is 9.59 Å². The van der Waals surface area contributed by atoms with Crippen molar-refractivity contribution in [2.24, 2.45) is 0 Å². The molecule has 0 saturated heterocycles. The fourth-order valence-electron chi connectivity index (χ4n) is 2.26. The number of halogens is 1. The number of carbonyl (C=O) groups is 2. The highest BCUT2D eigenvalue weighted by molar-refractivity contribution is 6.30. The summed E-state index contributed by atoms with van der Waals surface area (Å²) in [6.07, 6.45) is 1.37. The molecule has 0 unspecified atom stereocenters. The van der Waals surface area contributed by atoms with Crippen LogP contribution in [0.5, 0.6) is 5.75 Å². The van der Waals surface area contributed by atoms with Crippen LogP contribution < -0.4 is 15.4 Å². The molecule has 0 bridgehead atoms. The van der Waals surface area contributed by atoms with Crippen LogP contribution in [0.2, 0.25) is 5.02 Å². The maximum Gasteiger partial charge on any atom is 0.265 e. The molecule has 26 heavy (non-hydrogen) atoms. The summed E-state index contributed by atoms with van der Waals surface area (Å²) in [5.41, 5.74) is 0.807. The lowest BCUT2D eigenvalue weighted by molar-refractivity contribution is -0.122. The third kappa shape index (κ3) is 5.36. The Hall–Kier alpha value is -2.79. The molecule has 0 radical (unpaired) electrons. The Balaban J connectivity index is 2.11. The van der Waals surface area contributed by atoms with Gasteiger partial charge in [-0.1, -0.05) is 36.7 Å². The van der Waals surface area contributed by atoms with E-state index in [0.717, 1.165) is 0 Å². The van der Waals surface area contributed by atoms with Gasteiger partial charge in [0.2, 0.25) is 0 Å². The van der Waals surface area contributed by atoms with Crippen molar-refractivity contribution in [1.82, 2.24) is 5.32 Å². The highest BCUT2D eigenvalue weighted by Gasteiger charge is 2.20. The van der Waals surface area contributed by atoms with E-state index in [1.54, 1.807) is 54.6 Å². The summed E-state index contributed by atoms with van der Waals surface area (Å²) in [6.45, 7) is 5.76. The lowest BCUT2D eigenvalue weighted by atomic mass is 10.1. The van der Waals surface area contributed by atoms with Crippen molar-refractivity contribution >= 4 is 29.1 Å². The zero-order valence-corrected chi connectivity index (χ0v) is 15.3. The molecule has 0 aromatic heterocycles. The highest BCUT2D eigenvalue weighted by Crippen LogP contribution is 2.20. The van der Waals surface area contributed by atoms with E-state index in [0.29, 0.717) is 35.0 Å². The molecule has 5 nitrogen and oxygen atoms in total. The third-order valence-corrected chi connectivity index (χ3v) is 3.84. The Morgan fingerprint density at radius 2 is 1.88 bits per heavy atom. The van der Waals surface area contributed by atoms with Crippen LogP contribution in [0, 0.1) is 0 Å². The zero-order chi connectivity index (χ0) is 18.9. The van der Waals surface area contributed by atoms with Crippen LogP contribution in [0.25, 0.3) is 0 Å². The fourth-order valence-corrected chi connectivity index (χ4v) is 2.39. The lowest BCUT2D eigenvalue weighted by Gasteiger charge is -2.18. The molecule has 2 aromatic carbocycles. The van der Waals surface area contributed by atoms with E-state index < -0.39 is 6.10 Å². The van der Waals surface area contributed by atoms with Gasteiger partial charge >= 0.3 is 0 Å². The topological polar surface area (TPSA) is 67.4 Å². The number of carbonyl (C=O) groups excluding carboxylic acids is 2. The molecule has 0 aliphatic carbocycles. The Labute approximate surface area is 158 Å². The van der Waals surface area contributed by atoms with Crippen LogP contribution in [0.1, 0.15) is 23.7 Å². The van der Waals surface area contributed by atoms with Crippen molar-refractivity contribution in [2.75, 3.05) is 11.9 Å². The second-order valence-corrected chi connectivity index (χ2v) is 5.94. The summed E-state index contributed by atoms with van der Waals surface area (Å²) in [5.74, 6) is -0.0627. The molecule has 0 heterocycles. The minimum Gasteiger partial charge on any atom is -0.481 e. The van der Waals surface area contributed by atoms with Gasteiger partial charge in [0.05, 0.1) is 11.3 Å². The minimum atomic E-state index is -0.694. The zero-order valence-electron chi connectivity index (χ0n) is 14.5. The average molecular weight is 373 g/mol. The van der Waals surface area contributed by atoms with Crippen molar-refractivity contribution < 1.29 is 14.3 Å². The molecule has 0 aliphatic rings. The summed E-state index contributed by atoms with van der Waals surface area (Å²) in [7, 11) is 0. The standard InChI is InChI=1S/C20H21ClN2O3/c1-3-13-22-19(24)16-7-5-6-8-17(16)23-20(25)18(4-2)26-15-11-9-14(21)10-12-15/h3,5-12,18H,1,4,13H2,2H3,(H,22,24)(H,23,25)/t18-/m1/s1. The van der Waals surface area contributed by atoms with Gasteiger partial charge in [0.25, 0.3) is 11.8 Å². The predicted octanol–water partition coefficient (Wildman–Crippen LogP) is 4.05. The van der Waals surface area contributed by atoms with Gasteiger partial charge in [-0.25, -0.2) is 0 Å². The van der Waals surface area contributed by atoms with Crippen molar-refractivity contribution in [3.05, 3.63) is 71.8 Å². The Morgan fingerprint density at radius 1 is 1.19 bits per heavy atom. The summed E-state index contributed by atoms with van der Waals surface area (Å²) >= 11 is 5.86. The number of benzene rings is 2. The molecule has 1 atom stereocenters. The van der Waals surface area contributed by atoms with Crippen molar-refractivity contribution in [3.8, 4) is 5.75 Å². The van der Waals surface area contributed by atoms with E-state index in [-0.39, 0.29) is 11.8 Å². The first-order valence-electron chi connectivity index (χ1n) is 8.26. The van der Waals surface area contributed by atoms with Crippen molar-refractivity contribution in [1.29, 1.82) is 0 Å². The summed E-state index contributed by atoms with van der Waals surface area (Å²) < 4.78 is 5.73. The Kier molecular flexibility index (Phi) is 7.24. The van der Waals surface area contributed by atoms with Crippen molar-refractivity contribution in [2.45, 2.75) is 19.4 Å². The SMILES string of the molecule is C=CCNC(=O)c1ccccc1NC(=O)[C@@H](CC)Oc1ccc(Cl)cc1. The number of rotatable bonds is 8. The normalized spacial score (nSPS) is 11.3. The lowest BCUT2D eigenvalue weighted by Crippen LogP contribution is -2.33. The number of nitrogens with one attached hydrogen (secondary N) is 2. The maximum atomic E-state index is 12.6. The largest absolute Gasteiger partial charge is 0.481 e. The minimum absolute atomic E-state index is 0.285. The number of hydrogen-bond acceptors (Lipinski definition) is 3. The second-order valence-electron chi connectivity index (χ2n) is 5.50. The molecule has 2 N–H and O–H groups in total. The van der Waals surface area contributed by atoms with Gasteiger partial charge in [-0.05, 0) is 42.8 Å². The number of anilines is 1. The first kappa shape index (κ1) is 19.5. The molecule has 2 rings (SSSR count). The molecule has 0 fully saturated rings. The van der Waals surface area contributed by atoms with E-state index in [1.165, 1.54) is 0 Å². The van der Waals surface area contributed by atoms with Gasteiger partial charge in [-0.15, -0.1) is 6.58 Å². The number of ether oxygens (including phenoxy) is 1. The van der Waals surface area contributed by atoms with E-state index in [1.807, 2.05) is 6.92 Å². The van der Waals surface area contributed by atoms with E-state index in [9.17, 15) is 9.59 Å². The smallest absolute Gasteiger partial charge is 0.265 e. The van der Waals surface area contributed by atoms with E-state index in [4.69, 9.17) is 16.3 Å². The predicted molar refractivity (Wildman–Crippen MR) is 104 cm³/mol.